The molecule has 0 aromatic heterocycles. The summed E-state index contributed by atoms with van der Waals surface area (Å²) in [7, 11) is -3.90. The highest BCUT2D eigenvalue weighted by molar-refractivity contribution is 7.86. The zero-order valence-electron chi connectivity index (χ0n) is 10.4. The molecule has 0 bridgehead atoms. The molecule has 20 heavy (non-hydrogen) atoms. The Hall–Kier alpha value is -2.02. The van der Waals surface area contributed by atoms with Gasteiger partial charge in [0, 0.05) is 12.6 Å². The van der Waals surface area contributed by atoms with Crippen molar-refractivity contribution in [1.82, 2.24) is 4.31 Å². The fourth-order valence-corrected chi connectivity index (χ4v) is 3.42. The smallest absolute Gasteiger partial charge is 0.258 e. The van der Waals surface area contributed by atoms with E-state index in [1.165, 1.54) is 18.2 Å². The Labute approximate surface area is 115 Å². The molecule has 8 nitrogen and oxygen atoms in total. The number of benzene rings is 1. The van der Waals surface area contributed by atoms with Crippen LogP contribution in [-0.4, -0.2) is 24.2 Å². The summed E-state index contributed by atoms with van der Waals surface area (Å²) < 4.78 is 24.1. The van der Waals surface area contributed by atoms with Crippen LogP contribution < -0.4 is 5.14 Å². The molecule has 0 amide bonds. The van der Waals surface area contributed by atoms with Crippen LogP contribution in [0.15, 0.2) is 18.2 Å². The van der Waals surface area contributed by atoms with Gasteiger partial charge in [0.2, 0.25) is 0 Å². The van der Waals surface area contributed by atoms with E-state index in [9.17, 15) is 18.5 Å². The van der Waals surface area contributed by atoms with E-state index in [0.29, 0.717) is 18.4 Å². The van der Waals surface area contributed by atoms with Gasteiger partial charge in [-0.3, -0.25) is 10.1 Å². The Morgan fingerprint density at radius 2 is 2.20 bits per heavy atom. The first kappa shape index (κ1) is 14.4. The zero-order valence-corrected chi connectivity index (χ0v) is 11.2. The van der Waals surface area contributed by atoms with Gasteiger partial charge in [-0.1, -0.05) is 12.1 Å². The molecule has 1 saturated heterocycles. The molecule has 1 fully saturated rings. The Morgan fingerprint density at radius 1 is 1.50 bits per heavy atom. The van der Waals surface area contributed by atoms with Crippen molar-refractivity contribution in [3.8, 4) is 6.07 Å². The summed E-state index contributed by atoms with van der Waals surface area (Å²) in [6, 6.07) is 5.35. The molecule has 1 aliphatic heterocycles. The molecule has 1 aromatic rings. The van der Waals surface area contributed by atoms with Crippen LogP contribution in [0.5, 0.6) is 0 Å². The second kappa shape index (κ2) is 5.16. The van der Waals surface area contributed by atoms with Crippen LogP contribution in [0, 0.1) is 21.4 Å². The zero-order chi connectivity index (χ0) is 14.9. The Balaban J connectivity index is 2.56. The van der Waals surface area contributed by atoms with E-state index in [1.54, 1.807) is 6.07 Å². The number of nitro groups is 1. The lowest BCUT2D eigenvalue weighted by atomic mass is 9.98. The molecule has 0 saturated carbocycles. The number of hydrogen-bond donors (Lipinski definition) is 1. The molecule has 9 heteroatoms. The fourth-order valence-electron chi connectivity index (χ4n) is 2.46. The molecule has 0 aliphatic carbocycles. The van der Waals surface area contributed by atoms with Gasteiger partial charge >= 0.3 is 0 Å². The number of nitriles is 1. The van der Waals surface area contributed by atoms with E-state index in [0.717, 1.165) is 4.31 Å². The van der Waals surface area contributed by atoms with Crippen LogP contribution in [-0.2, 0) is 10.2 Å². The predicted octanol–water partition coefficient (Wildman–Crippen LogP) is 0.807. The van der Waals surface area contributed by atoms with Gasteiger partial charge in [-0.05, 0) is 18.4 Å². The second-order valence-corrected chi connectivity index (χ2v) is 5.92. The van der Waals surface area contributed by atoms with Crippen molar-refractivity contribution in [2.45, 2.75) is 18.9 Å². The first-order valence-corrected chi connectivity index (χ1v) is 7.33. The maximum absolute atomic E-state index is 11.5. The third kappa shape index (κ3) is 2.49. The Bertz CT molecular complexity index is 695. The minimum absolute atomic E-state index is 0.113. The number of nitro benzene ring substituents is 1. The van der Waals surface area contributed by atoms with E-state index >= 15 is 0 Å². The number of nitrogens with zero attached hydrogens (tertiary/aromatic N) is 3. The minimum atomic E-state index is -3.90. The summed E-state index contributed by atoms with van der Waals surface area (Å²) in [4.78, 5) is 10.3. The fraction of sp³-hybridized carbons (Fsp3) is 0.364. The lowest BCUT2D eigenvalue weighted by Crippen LogP contribution is -2.36. The number of hydrogen-bond acceptors (Lipinski definition) is 5. The van der Waals surface area contributed by atoms with Gasteiger partial charge in [0.1, 0.15) is 11.6 Å². The average Bonchev–Trinajstić information content (AvgIpc) is 2.86. The normalized spacial score (nSPS) is 19.7. The van der Waals surface area contributed by atoms with E-state index < -0.39 is 21.2 Å². The lowest BCUT2D eigenvalue weighted by molar-refractivity contribution is -0.385. The van der Waals surface area contributed by atoms with Gasteiger partial charge in [0.15, 0.2) is 0 Å². The molecule has 1 aliphatic rings. The van der Waals surface area contributed by atoms with Crippen LogP contribution in [0.4, 0.5) is 5.69 Å². The maximum Gasteiger partial charge on any atom is 0.287 e. The lowest BCUT2D eigenvalue weighted by Gasteiger charge is -2.22. The van der Waals surface area contributed by atoms with E-state index in [-0.39, 0.29) is 17.8 Å². The Morgan fingerprint density at radius 3 is 2.75 bits per heavy atom. The largest absolute Gasteiger partial charge is 0.287 e. The van der Waals surface area contributed by atoms with Crippen molar-refractivity contribution in [2.75, 3.05) is 6.54 Å². The summed E-state index contributed by atoms with van der Waals surface area (Å²) in [5.41, 5.74) is -0.113. The SMILES string of the molecule is N#Cc1c(C2CCCN2S(N)(=O)=O)cccc1[N+](=O)[O-]. The average molecular weight is 296 g/mol. The molecule has 2 N–H and O–H groups in total. The summed E-state index contributed by atoms with van der Waals surface area (Å²) in [6.07, 6.45) is 1.07. The van der Waals surface area contributed by atoms with Gasteiger partial charge in [-0.25, -0.2) is 5.14 Å². The number of rotatable bonds is 3. The third-order valence-electron chi connectivity index (χ3n) is 3.27. The quantitative estimate of drug-likeness (QED) is 0.651. The summed E-state index contributed by atoms with van der Waals surface area (Å²) in [5.74, 6) is 0. The third-order valence-corrected chi connectivity index (χ3v) is 4.36. The van der Waals surface area contributed by atoms with Crippen LogP contribution in [0.3, 0.4) is 0 Å². The topological polar surface area (TPSA) is 130 Å². The summed E-state index contributed by atoms with van der Waals surface area (Å²) in [5, 5.41) is 25.2. The molecule has 1 atom stereocenters. The van der Waals surface area contributed by atoms with Crippen molar-refractivity contribution >= 4 is 15.9 Å². The van der Waals surface area contributed by atoms with Crippen LogP contribution >= 0.6 is 0 Å². The van der Waals surface area contributed by atoms with Crippen molar-refractivity contribution < 1.29 is 13.3 Å². The molecule has 0 radical (unpaired) electrons. The minimum Gasteiger partial charge on any atom is -0.258 e. The highest BCUT2D eigenvalue weighted by Gasteiger charge is 2.36. The highest BCUT2D eigenvalue weighted by atomic mass is 32.2. The summed E-state index contributed by atoms with van der Waals surface area (Å²) in [6.45, 7) is 0.247. The first-order chi connectivity index (χ1) is 9.36. The van der Waals surface area contributed by atoms with Crippen LogP contribution in [0.25, 0.3) is 0 Å². The van der Waals surface area contributed by atoms with E-state index in [4.69, 9.17) is 10.4 Å². The van der Waals surface area contributed by atoms with E-state index in [2.05, 4.69) is 0 Å². The van der Waals surface area contributed by atoms with Gasteiger partial charge in [0.25, 0.3) is 15.9 Å². The highest BCUT2D eigenvalue weighted by Crippen LogP contribution is 2.37. The molecule has 1 aromatic carbocycles. The Kier molecular flexibility index (Phi) is 3.71. The molecular formula is C11H12N4O4S. The van der Waals surface area contributed by atoms with Crippen molar-refractivity contribution in [2.24, 2.45) is 5.14 Å². The van der Waals surface area contributed by atoms with Gasteiger partial charge in [0.05, 0.1) is 11.0 Å². The van der Waals surface area contributed by atoms with Gasteiger partial charge < -0.3 is 0 Å². The second-order valence-electron chi connectivity index (χ2n) is 4.42. The number of nitrogens with two attached hydrogens (primary N) is 1. The van der Waals surface area contributed by atoms with Crippen LogP contribution in [0.1, 0.15) is 30.0 Å². The standard InChI is InChI=1S/C11H12N4O4S/c12-7-9-8(3-1-4-11(9)15(16)17)10-5-2-6-14(10)20(13,18)19/h1,3-4,10H,2,5-6H2,(H2,13,18,19). The van der Waals surface area contributed by atoms with Gasteiger partial charge in [-0.2, -0.15) is 18.0 Å². The van der Waals surface area contributed by atoms with Crippen molar-refractivity contribution in [1.29, 1.82) is 5.26 Å². The molecule has 106 valence electrons. The van der Waals surface area contributed by atoms with Crippen molar-refractivity contribution in [3.63, 3.8) is 0 Å². The molecule has 1 unspecified atom stereocenters. The maximum atomic E-state index is 11.5. The van der Waals surface area contributed by atoms with E-state index in [1.807, 2.05) is 0 Å². The van der Waals surface area contributed by atoms with Crippen molar-refractivity contribution in [3.05, 3.63) is 39.4 Å². The molecular weight excluding hydrogens is 284 g/mol. The summed E-state index contributed by atoms with van der Waals surface area (Å²) >= 11 is 0. The van der Waals surface area contributed by atoms with Gasteiger partial charge in [-0.15, -0.1) is 0 Å². The first-order valence-electron chi connectivity index (χ1n) is 5.83. The monoisotopic (exact) mass is 296 g/mol. The predicted molar refractivity (Wildman–Crippen MR) is 69.6 cm³/mol. The molecule has 2 rings (SSSR count). The molecule has 1 heterocycles. The molecule has 0 spiro atoms. The van der Waals surface area contributed by atoms with Crippen LogP contribution in [0.2, 0.25) is 0 Å².